The third-order valence-corrected chi connectivity index (χ3v) is 4.44. The normalized spacial score (nSPS) is 17.6. The second-order valence-electron chi connectivity index (χ2n) is 6.38. The topological polar surface area (TPSA) is 93.9 Å². The number of likely N-dealkylation sites (tertiary alicyclic amines) is 1. The highest BCUT2D eigenvalue weighted by Crippen LogP contribution is 2.28. The lowest BCUT2D eigenvalue weighted by atomic mass is 10.1. The average Bonchev–Trinajstić information content (AvgIpc) is 2.82. The van der Waals surface area contributed by atoms with E-state index in [4.69, 9.17) is 15.2 Å². The number of carbonyl (C=O) groups excluding carboxylic acids is 2. The van der Waals surface area contributed by atoms with Crippen molar-refractivity contribution in [3.63, 3.8) is 0 Å². The lowest BCUT2D eigenvalue weighted by molar-refractivity contribution is -0.130. The molecule has 26 heavy (non-hydrogen) atoms. The average molecular weight is 363 g/mol. The lowest BCUT2D eigenvalue weighted by Gasteiger charge is -2.20. The Kier molecular flexibility index (Phi) is 7.72. The second-order valence-corrected chi connectivity index (χ2v) is 6.38. The Morgan fingerprint density at radius 3 is 2.85 bits per heavy atom. The molecule has 0 aromatic heterocycles. The number of benzene rings is 1. The predicted octanol–water partition coefficient (Wildman–Crippen LogP) is 1.55. The predicted molar refractivity (Wildman–Crippen MR) is 99.5 cm³/mol. The quantitative estimate of drug-likeness (QED) is 0.731. The molecule has 7 heteroatoms. The molecule has 1 aliphatic heterocycles. The molecule has 1 aromatic carbocycles. The van der Waals surface area contributed by atoms with E-state index in [0.717, 1.165) is 19.4 Å². The first-order valence-corrected chi connectivity index (χ1v) is 9.18. The first-order valence-electron chi connectivity index (χ1n) is 9.18. The van der Waals surface area contributed by atoms with E-state index in [9.17, 15) is 9.59 Å². The Labute approximate surface area is 154 Å². The molecule has 1 heterocycles. The number of nitrogens with two attached hydrogens (primary N) is 1. The number of ether oxygens (including phenoxy) is 2. The van der Waals surface area contributed by atoms with Gasteiger partial charge in [0.25, 0.3) is 5.91 Å². The van der Waals surface area contributed by atoms with Gasteiger partial charge in [-0.3, -0.25) is 9.59 Å². The molecular formula is C19H29N3O4. The fourth-order valence-electron chi connectivity index (χ4n) is 3.05. The van der Waals surface area contributed by atoms with Crippen molar-refractivity contribution in [2.24, 2.45) is 5.73 Å². The molecule has 2 rings (SSSR count). The Morgan fingerprint density at radius 2 is 2.15 bits per heavy atom. The second kappa shape index (κ2) is 10.0. The highest BCUT2D eigenvalue weighted by Gasteiger charge is 2.23. The van der Waals surface area contributed by atoms with E-state index >= 15 is 0 Å². The summed E-state index contributed by atoms with van der Waals surface area (Å²) in [5.41, 5.74) is 5.95. The van der Waals surface area contributed by atoms with Gasteiger partial charge in [0.05, 0.1) is 7.11 Å². The van der Waals surface area contributed by atoms with Gasteiger partial charge in [-0.1, -0.05) is 6.92 Å². The SMILES string of the molecule is CCCN1CCC(NC(=O)c2ccc(OCCN)c(OC)c2)CCC1=O. The van der Waals surface area contributed by atoms with Gasteiger partial charge >= 0.3 is 0 Å². The molecule has 1 atom stereocenters. The van der Waals surface area contributed by atoms with Crippen LogP contribution in [0.4, 0.5) is 0 Å². The fraction of sp³-hybridized carbons (Fsp3) is 0.579. The first kappa shape index (κ1) is 20.0. The molecule has 144 valence electrons. The van der Waals surface area contributed by atoms with E-state index in [-0.39, 0.29) is 17.9 Å². The number of amides is 2. The van der Waals surface area contributed by atoms with E-state index in [1.807, 2.05) is 4.90 Å². The maximum Gasteiger partial charge on any atom is 0.251 e. The van der Waals surface area contributed by atoms with Crippen LogP contribution in [0.25, 0.3) is 0 Å². The van der Waals surface area contributed by atoms with Gasteiger partial charge in [-0.25, -0.2) is 0 Å². The highest BCUT2D eigenvalue weighted by molar-refractivity contribution is 5.95. The van der Waals surface area contributed by atoms with Crippen LogP contribution < -0.4 is 20.5 Å². The molecule has 0 radical (unpaired) electrons. The summed E-state index contributed by atoms with van der Waals surface area (Å²) in [5, 5.41) is 3.04. The molecule has 1 fully saturated rings. The van der Waals surface area contributed by atoms with Crippen molar-refractivity contribution in [2.75, 3.05) is 33.4 Å². The Hall–Kier alpha value is -2.28. The summed E-state index contributed by atoms with van der Waals surface area (Å²) in [5.74, 6) is 1.06. The third kappa shape index (κ3) is 5.36. The van der Waals surface area contributed by atoms with E-state index < -0.39 is 0 Å². The zero-order chi connectivity index (χ0) is 18.9. The van der Waals surface area contributed by atoms with Gasteiger partial charge in [-0.2, -0.15) is 0 Å². The van der Waals surface area contributed by atoms with Crippen molar-refractivity contribution < 1.29 is 19.1 Å². The van der Waals surface area contributed by atoms with E-state index in [1.54, 1.807) is 18.2 Å². The molecular weight excluding hydrogens is 334 g/mol. The number of methoxy groups -OCH3 is 1. The van der Waals surface area contributed by atoms with Crippen molar-refractivity contribution >= 4 is 11.8 Å². The minimum Gasteiger partial charge on any atom is -0.493 e. The van der Waals surface area contributed by atoms with Crippen LogP contribution in [0.3, 0.4) is 0 Å². The smallest absolute Gasteiger partial charge is 0.251 e. The van der Waals surface area contributed by atoms with Gasteiger partial charge < -0.3 is 25.4 Å². The minimum absolute atomic E-state index is 0.00697. The summed E-state index contributed by atoms with van der Waals surface area (Å²) in [7, 11) is 1.53. The maximum absolute atomic E-state index is 12.6. The Morgan fingerprint density at radius 1 is 1.35 bits per heavy atom. The van der Waals surface area contributed by atoms with Gasteiger partial charge in [0.15, 0.2) is 11.5 Å². The van der Waals surface area contributed by atoms with Gasteiger partial charge in [0.2, 0.25) is 5.91 Å². The van der Waals surface area contributed by atoms with Crippen LogP contribution in [-0.2, 0) is 4.79 Å². The summed E-state index contributed by atoms with van der Waals surface area (Å²) in [6.45, 7) is 4.31. The number of nitrogens with one attached hydrogen (secondary N) is 1. The Balaban J connectivity index is 1.99. The summed E-state index contributed by atoms with van der Waals surface area (Å²) >= 11 is 0. The van der Waals surface area contributed by atoms with Crippen molar-refractivity contribution in [2.45, 2.75) is 38.6 Å². The fourth-order valence-corrected chi connectivity index (χ4v) is 3.05. The minimum atomic E-state index is -0.171. The van der Waals surface area contributed by atoms with Crippen LogP contribution in [-0.4, -0.2) is 56.1 Å². The molecule has 1 aromatic rings. The molecule has 1 saturated heterocycles. The summed E-state index contributed by atoms with van der Waals surface area (Å²) in [6, 6.07) is 5.07. The molecule has 0 saturated carbocycles. The number of carbonyl (C=O) groups is 2. The van der Waals surface area contributed by atoms with Crippen molar-refractivity contribution in [3.05, 3.63) is 23.8 Å². The molecule has 7 nitrogen and oxygen atoms in total. The summed E-state index contributed by atoms with van der Waals surface area (Å²) in [6.07, 6.45) is 2.85. The maximum atomic E-state index is 12.6. The van der Waals surface area contributed by atoms with Gasteiger partial charge in [0, 0.05) is 37.7 Å². The molecule has 1 unspecified atom stereocenters. The summed E-state index contributed by atoms with van der Waals surface area (Å²) in [4.78, 5) is 26.6. The third-order valence-electron chi connectivity index (χ3n) is 4.44. The molecule has 1 aliphatic rings. The number of hydrogen-bond acceptors (Lipinski definition) is 5. The van der Waals surface area contributed by atoms with Crippen LogP contribution in [0.15, 0.2) is 18.2 Å². The number of rotatable bonds is 8. The van der Waals surface area contributed by atoms with Crippen LogP contribution >= 0.6 is 0 Å². The largest absolute Gasteiger partial charge is 0.493 e. The molecule has 0 bridgehead atoms. The van der Waals surface area contributed by atoms with Crippen LogP contribution in [0.1, 0.15) is 43.0 Å². The van der Waals surface area contributed by atoms with Gasteiger partial charge in [0.1, 0.15) is 6.61 Å². The zero-order valence-corrected chi connectivity index (χ0v) is 15.6. The molecule has 2 amide bonds. The van der Waals surface area contributed by atoms with Crippen LogP contribution in [0, 0.1) is 0 Å². The standard InChI is InChI=1S/C19H29N3O4/c1-3-10-22-11-8-15(5-7-18(22)23)21-19(24)14-4-6-16(26-12-9-20)17(13-14)25-2/h4,6,13,15H,3,5,7-12,20H2,1-2H3,(H,21,24). The number of nitrogens with zero attached hydrogens (tertiary/aromatic N) is 1. The molecule has 0 spiro atoms. The zero-order valence-electron chi connectivity index (χ0n) is 15.6. The van der Waals surface area contributed by atoms with E-state index in [2.05, 4.69) is 12.2 Å². The monoisotopic (exact) mass is 363 g/mol. The molecule has 0 aliphatic carbocycles. The number of hydrogen-bond donors (Lipinski definition) is 2. The van der Waals surface area contributed by atoms with Gasteiger partial charge in [-0.15, -0.1) is 0 Å². The van der Waals surface area contributed by atoms with Crippen molar-refractivity contribution in [1.29, 1.82) is 0 Å². The van der Waals surface area contributed by atoms with Crippen molar-refractivity contribution in [3.8, 4) is 11.5 Å². The van der Waals surface area contributed by atoms with Gasteiger partial charge in [-0.05, 0) is 37.5 Å². The highest BCUT2D eigenvalue weighted by atomic mass is 16.5. The summed E-state index contributed by atoms with van der Waals surface area (Å²) < 4.78 is 10.8. The molecule has 3 N–H and O–H groups in total. The Bertz CT molecular complexity index is 621. The van der Waals surface area contributed by atoms with E-state index in [1.165, 1.54) is 7.11 Å². The first-order chi connectivity index (χ1) is 12.6. The van der Waals surface area contributed by atoms with Crippen LogP contribution in [0.5, 0.6) is 11.5 Å². The lowest BCUT2D eigenvalue weighted by Crippen LogP contribution is -2.36. The van der Waals surface area contributed by atoms with E-state index in [0.29, 0.717) is 49.6 Å². The van der Waals surface area contributed by atoms with Crippen molar-refractivity contribution in [1.82, 2.24) is 10.2 Å². The van der Waals surface area contributed by atoms with Crippen LogP contribution in [0.2, 0.25) is 0 Å².